The van der Waals surface area contributed by atoms with Crippen LogP contribution in [-0.4, -0.2) is 23.7 Å². The van der Waals surface area contributed by atoms with Crippen LogP contribution < -0.4 is 92.4 Å². The maximum atomic E-state index is 10.1. The van der Waals surface area contributed by atoms with Crippen molar-refractivity contribution in [1.82, 2.24) is 0 Å². The minimum absolute atomic E-state index is 0. The fourth-order valence-electron chi connectivity index (χ4n) is 0.632. The SMILES string of the molecule is NCCCCC(N)C(=O)O.[H-].[H-].[K+].[Na+]. The van der Waals surface area contributed by atoms with E-state index >= 15 is 0 Å². The predicted octanol–water partition coefficient (Wildman–Crippen LogP) is -6.24. The molecule has 4 nitrogen and oxygen atoms in total. The topological polar surface area (TPSA) is 89.3 Å². The van der Waals surface area contributed by atoms with E-state index in [1.54, 1.807) is 0 Å². The van der Waals surface area contributed by atoms with Crippen molar-refractivity contribution in [2.24, 2.45) is 11.5 Å². The van der Waals surface area contributed by atoms with E-state index in [4.69, 9.17) is 16.6 Å². The number of aliphatic carboxylic acids is 1. The van der Waals surface area contributed by atoms with Crippen LogP contribution in [0.25, 0.3) is 0 Å². The third-order valence-corrected chi connectivity index (χ3v) is 1.29. The van der Waals surface area contributed by atoms with Crippen LogP contribution in [0.3, 0.4) is 0 Å². The summed E-state index contributed by atoms with van der Waals surface area (Å²) in [6.07, 6.45) is 2.16. The molecular formula is C6H16KN2NaO2. The van der Waals surface area contributed by atoms with E-state index in [1.165, 1.54) is 0 Å². The van der Waals surface area contributed by atoms with Crippen molar-refractivity contribution in [3.8, 4) is 0 Å². The number of hydrogen-bond acceptors (Lipinski definition) is 3. The average molecular weight is 210 g/mol. The molecule has 0 aromatic heterocycles. The van der Waals surface area contributed by atoms with Crippen LogP contribution in [0.1, 0.15) is 22.1 Å². The molecule has 0 aromatic rings. The van der Waals surface area contributed by atoms with Crippen LogP contribution in [-0.2, 0) is 4.79 Å². The standard InChI is InChI=1S/C6H14N2O2.K.Na.2H/c7-4-2-1-3-5(8)6(9)10;;;;/h5H,1-4,7-8H2,(H,9,10);;;;/q;2*+1;2*-1. The Morgan fingerprint density at radius 1 is 1.50 bits per heavy atom. The largest absolute Gasteiger partial charge is 1.00 e. The Balaban J connectivity index is -0.0000000675. The number of carboxylic acid groups (broad SMARTS) is 1. The van der Waals surface area contributed by atoms with E-state index in [-0.39, 0.29) is 83.8 Å². The molecule has 0 heterocycles. The second-order valence-corrected chi connectivity index (χ2v) is 2.23. The first-order valence-corrected chi connectivity index (χ1v) is 3.37. The number of nitrogens with two attached hydrogens (primary N) is 2. The molecule has 0 aromatic carbocycles. The Bertz CT molecular complexity index is 124. The van der Waals surface area contributed by atoms with Crippen molar-refractivity contribution in [3.63, 3.8) is 0 Å². The summed E-state index contributed by atoms with van der Waals surface area (Å²) in [7, 11) is 0. The zero-order valence-electron chi connectivity index (χ0n) is 9.92. The molecule has 0 radical (unpaired) electrons. The summed E-state index contributed by atoms with van der Waals surface area (Å²) < 4.78 is 0. The Morgan fingerprint density at radius 3 is 2.33 bits per heavy atom. The van der Waals surface area contributed by atoms with E-state index < -0.39 is 12.0 Å². The average Bonchev–Trinajstić information content (AvgIpc) is 1.88. The van der Waals surface area contributed by atoms with Crippen molar-refractivity contribution in [2.75, 3.05) is 6.54 Å². The van der Waals surface area contributed by atoms with Gasteiger partial charge in [0.2, 0.25) is 0 Å². The van der Waals surface area contributed by atoms with E-state index in [1.807, 2.05) is 0 Å². The summed E-state index contributed by atoms with van der Waals surface area (Å²) in [5.41, 5.74) is 10.4. The summed E-state index contributed by atoms with van der Waals surface area (Å²) in [6, 6.07) is -0.716. The molecule has 1 atom stereocenters. The Hall–Kier alpha value is 2.03. The molecule has 12 heavy (non-hydrogen) atoms. The molecule has 0 spiro atoms. The van der Waals surface area contributed by atoms with Crippen molar-refractivity contribution in [3.05, 3.63) is 0 Å². The quantitative estimate of drug-likeness (QED) is 0.311. The summed E-state index contributed by atoms with van der Waals surface area (Å²) >= 11 is 0. The Morgan fingerprint density at radius 2 is 2.00 bits per heavy atom. The van der Waals surface area contributed by atoms with Crippen molar-refractivity contribution in [1.29, 1.82) is 0 Å². The molecule has 0 rings (SSSR count). The fraction of sp³-hybridized carbons (Fsp3) is 0.833. The first-order valence-electron chi connectivity index (χ1n) is 3.37. The minimum Gasteiger partial charge on any atom is -1.00 e. The summed E-state index contributed by atoms with van der Waals surface area (Å²) in [6.45, 7) is 0.604. The van der Waals surface area contributed by atoms with E-state index in [2.05, 4.69) is 0 Å². The Labute approximate surface area is 141 Å². The van der Waals surface area contributed by atoms with E-state index in [9.17, 15) is 4.79 Å². The molecular weight excluding hydrogens is 194 g/mol. The van der Waals surface area contributed by atoms with Gasteiger partial charge in [0.25, 0.3) is 0 Å². The third-order valence-electron chi connectivity index (χ3n) is 1.29. The summed E-state index contributed by atoms with van der Waals surface area (Å²) in [4.78, 5) is 10.1. The number of carboxylic acids is 1. The first kappa shape index (κ1) is 19.6. The molecule has 0 amide bonds. The Kier molecular flexibility index (Phi) is 21.3. The van der Waals surface area contributed by atoms with Crippen molar-refractivity contribution < 1.29 is 93.7 Å². The van der Waals surface area contributed by atoms with Gasteiger partial charge in [0.15, 0.2) is 0 Å². The molecule has 0 aliphatic rings. The van der Waals surface area contributed by atoms with Gasteiger partial charge >= 0.3 is 86.9 Å². The van der Waals surface area contributed by atoms with Gasteiger partial charge in [-0.3, -0.25) is 4.79 Å². The monoisotopic (exact) mass is 210 g/mol. The van der Waals surface area contributed by atoms with Gasteiger partial charge < -0.3 is 19.4 Å². The van der Waals surface area contributed by atoms with Gasteiger partial charge in [-0.25, -0.2) is 0 Å². The van der Waals surface area contributed by atoms with Gasteiger partial charge in [0, 0.05) is 0 Å². The van der Waals surface area contributed by atoms with E-state index in [0.29, 0.717) is 13.0 Å². The van der Waals surface area contributed by atoms with Crippen LogP contribution in [0.4, 0.5) is 0 Å². The number of hydrogen-bond donors (Lipinski definition) is 3. The second-order valence-electron chi connectivity index (χ2n) is 2.23. The number of carbonyl (C=O) groups is 1. The van der Waals surface area contributed by atoms with Crippen molar-refractivity contribution in [2.45, 2.75) is 25.3 Å². The maximum absolute atomic E-state index is 10.1. The van der Waals surface area contributed by atoms with Crippen LogP contribution in [0, 0.1) is 0 Å². The molecule has 5 N–H and O–H groups in total. The predicted molar refractivity (Wildman–Crippen MR) is 40.7 cm³/mol. The molecule has 0 saturated carbocycles. The minimum atomic E-state index is -0.933. The number of rotatable bonds is 5. The fourth-order valence-corrected chi connectivity index (χ4v) is 0.632. The second kappa shape index (κ2) is 13.0. The summed E-state index contributed by atoms with van der Waals surface area (Å²) in [5.74, 6) is -0.933. The summed E-state index contributed by atoms with van der Waals surface area (Å²) in [5, 5.41) is 8.33. The van der Waals surface area contributed by atoms with Gasteiger partial charge in [-0.1, -0.05) is 6.42 Å². The van der Waals surface area contributed by atoms with Gasteiger partial charge in [-0.05, 0) is 19.4 Å². The zero-order chi connectivity index (χ0) is 7.98. The molecule has 64 valence electrons. The first-order chi connectivity index (χ1) is 4.68. The molecule has 0 aliphatic heterocycles. The molecule has 0 aliphatic carbocycles. The van der Waals surface area contributed by atoms with Crippen molar-refractivity contribution >= 4 is 5.97 Å². The van der Waals surface area contributed by atoms with Gasteiger partial charge in [0.1, 0.15) is 6.04 Å². The molecule has 0 saturated heterocycles. The normalized spacial score (nSPS) is 10.8. The van der Waals surface area contributed by atoms with E-state index in [0.717, 1.165) is 12.8 Å². The maximum Gasteiger partial charge on any atom is 1.00 e. The van der Waals surface area contributed by atoms with Gasteiger partial charge in [0.05, 0.1) is 0 Å². The molecule has 1 unspecified atom stereocenters. The van der Waals surface area contributed by atoms with Crippen LogP contribution >= 0.6 is 0 Å². The molecule has 6 heteroatoms. The molecule has 0 bridgehead atoms. The zero-order valence-corrected chi connectivity index (χ0v) is 13.0. The third kappa shape index (κ3) is 12.0. The van der Waals surface area contributed by atoms with Gasteiger partial charge in [-0.2, -0.15) is 0 Å². The van der Waals surface area contributed by atoms with Gasteiger partial charge in [-0.15, -0.1) is 0 Å². The van der Waals surface area contributed by atoms with Crippen LogP contribution in [0.5, 0.6) is 0 Å². The van der Waals surface area contributed by atoms with Crippen LogP contribution in [0.2, 0.25) is 0 Å². The smallest absolute Gasteiger partial charge is 1.00 e. The number of unbranched alkanes of at least 4 members (excludes halogenated alkanes) is 1. The molecule has 0 fully saturated rings. The van der Waals surface area contributed by atoms with Crippen LogP contribution in [0.15, 0.2) is 0 Å².